The normalized spacial score (nSPS) is 11.6. The molecule has 0 radical (unpaired) electrons. The lowest BCUT2D eigenvalue weighted by Crippen LogP contribution is -2.44. The number of nitrogens with zero attached hydrogens (tertiary/aromatic N) is 1. The molecule has 1 heterocycles. The lowest BCUT2D eigenvalue weighted by molar-refractivity contribution is -0.150. The summed E-state index contributed by atoms with van der Waals surface area (Å²) in [4.78, 5) is 36.2. The molecule has 3 aromatic rings. The molecular formula is C23H24N2O5. The van der Waals surface area contributed by atoms with E-state index in [9.17, 15) is 14.4 Å². The first kappa shape index (κ1) is 21.1. The number of rotatable bonds is 9. The van der Waals surface area contributed by atoms with Gasteiger partial charge in [0.15, 0.2) is 6.61 Å². The maximum absolute atomic E-state index is 12.2. The Balaban J connectivity index is 1.47. The number of carbonyl (C=O) groups is 3. The molecule has 3 rings (SSSR count). The molecule has 1 aromatic heterocycles. The minimum absolute atomic E-state index is 0.135. The maximum atomic E-state index is 12.2. The van der Waals surface area contributed by atoms with Crippen molar-refractivity contribution in [3.05, 3.63) is 72.4 Å². The fraction of sp³-hybridized carbons (Fsp3) is 0.261. The molecule has 7 nitrogen and oxygen atoms in total. The summed E-state index contributed by atoms with van der Waals surface area (Å²) in [5, 5.41) is 3.66. The fourth-order valence-corrected chi connectivity index (χ4v) is 3.19. The van der Waals surface area contributed by atoms with Crippen molar-refractivity contribution in [3.8, 4) is 0 Å². The zero-order valence-electron chi connectivity index (χ0n) is 16.7. The summed E-state index contributed by atoms with van der Waals surface area (Å²) in [5.41, 5.74) is 1.91. The van der Waals surface area contributed by atoms with E-state index in [-0.39, 0.29) is 12.8 Å². The predicted molar refractivity (Wildman–Crippen MR) is 112 cm³/mol. The smallest absolute Gasteiger partial charge is 0.328 e. The largest absolute Gasteiger partial charge is 0.467 e. The summed E-state index contributed by atoms with van der Waals surface area (Å²) in [6, 6.07) is 18.3. The van der Waals surface area contributed by atoms with E-state index < -0.39 is 30.5 Å². The van der Waals surface area contributed by atoms with Crippen LogP contribution in [0.25, 0.3) is 10.9 Å². The lowest BCUT2D eigenvalue weighted by atomic mass is 10.1. The highest BCUT2D eigenvalue weighted by Crippen LogP contribution is 2.15. The van der Waals surface area contributed by atoms with Gasteiger partial charge in [0.2, 0.25) is 0 Å². The van der Waals surface area contributed by atoms with Gasteiger partial charge in [0.25, 0.3) is 5.91 Å². The molecule has 0 saturated heterocycles. The molecule has 0 saturated carbocycles. The van der Waals surface area contributed by atoms with Gasteiger partial charge in [-0.25, -0.2) is 4.79 Å². The minimum atomic E-state index is -0.852. The number of amides is 1. The van der Waals surface area contributed by atoms with Gasteiger partial charge in [0.1, 0.15) is 6.04 Å². The van der Waals surface area contributed by atoms with E-state index in [0.717, 1.165) is 16.5 Å². The highest BCUT2D eigenvalue weighted by molar-refractivity contribution is 5.86. The van der Waals surface area contributed by atoms with Crippen LogP contribution in [0.15, 0.2) is 66.9 Å². The van der Waals surface area contributed by atoms with E-state index in [1.165, 1.54) is 7.11 Å². The third-order valence-electron chi connectivity index (χ3n) is 4.70. The highest BCUT2D eigenvalue weighted by Gasteiger charge is 2.22. The molecule has 0 aliphatic heterocycles. The Morgan fingerprint density at radius 3 is 2.50 bits per heavy atom. The van der Waals surface area contributed by atoms with Crippen LogP contribution in [0.2, 0.25) is 0 Å². The summed E-state index contributed by atoms with van der Waals surface area (Å²) in [7, 11) is 1.26. The fourth-order valence-electron chi connectivity index (χ4n) is 3.19. The van der Waals surface area contributed by atoms with Gasteiger partial charge in [0, 0.05) is 24.7 Å². The third kappa shape index (κ3) is 5.70. The monoisotopic (exact) mass is 408 g/mol. The average molecular weight is 408 g/mol. The molecule has 7 heteroatoms. The Morgan fingerprint density at radius 2 is 1.73 bits per heavy atom. The van der Waals surface area contributed by atoms with Gasteiger partial charge in [-0.05, 0) is 23.1 Å². The maximum Gasteiger partial charge on any atom is 0.328 e. The van der Waals surface area contributed by atoms with Crippen LogP contribution in [0.4, 0.5) is 0 Å². The van der Waals surface area contributed by atoms with Crippen LogP contribution in [-0.4, -0.2) is 42.2 Å². The van der Waals surface area contributed by atoms with Crippen LogP contribution in [0.1, 0.15) is 12.0 Å². The van der Waals surface area contributed by atoms with E-state index in [4.69, 9.17) is 9.47 Å². The number of ether oxygens (including phenoxy) is 2. The summed E-state index contributed by atoms with van der Waals surface area (Å²) in [6.07, 6.45) is 2.33. The van der Waals surface area contributed by atoms with Crippen LogP contribution < -0.4 is 5.32 Å². The van der Waals surface area contributed by atoms with Crippen LogP contribution >= 0.6 is 0 Å². The van der Waals surface area contributed by atoms with Crippen molar-refractivity contribution in [2.45, 2.75) is 25.4 Å². The number of nitrogens with one attached hydrogen (secondary N) is 1. The van der Waals surface area contributed by atoms with Gasteiger partial charge in [-0.15, -0.1) is 0 Å². The first-order chi connectivity index (χ1) is 14.6. The van der Waals surface area contributed by atoms with Gasteiger partial charge >= 0.3 is 11.9 Å². The summed E-state index contributed by atoms with van der Waals surface area (Å²) in [6.45, 7) is 0.000300. The first-order valence-electron chi connectivity index (χ1n) is 9.67. The highest BCUT2D eigenvalue weighted by atomic mass is 16.5. The third-order valence-corrected chi connectivity index (χ3v) is 4.70. The van der Waals surface area contributed by atoms with E-state index in [2.05, 4.69) is 5.32 Å². The molecule has 0 aliphatic rings. The van der Waals surface area contributed by atoms with Gasteiger partial charge in [-0.3, -0.25) is 9.59 Å². The molecule has 0 fully saturated rings. The van der Waals surface area contributed by atoms with Gasteiger partial charge in [-0.2, -0.15) is 0 Å². The molecular weight excluding hydrogens is 384 g/mol. The quantitative estimate of drug-likeness (QED) is 0.550. The molecule has 1 amide bonds. The molecule has 0 spiro atoms. The van der Waals surface area contributed by atoms with Gasteiger partial charge in [0.05, 0.1) is 13.5 Å². The van der Waals surface area contributed by atoms with E-state index in [0.29, 0.717) is 6.54 Å². The average Bonchev–Trinajstić information content (AvgIpc) is 3.19. The summed E-state index contributed by atoms with van der Waals surface area (Å²) < 4.78 is 11.8. The Bertz CT molecular complexity index is 1010. The van der Waals surface area contributed by atoms with Crippen molar-refractivity contribution < 1.29 is 23.9 Å². The molecule has 2 aromatic carbocycles. The SMILES string of the molecule is COC(=O)C(Cc1ccccc1)NC(=O)COC(=O)CCn1ccc2ccccc21. The molecule has 30 heavy (non-hydrogen) atoms. The number of methoxy groups -OCH3 is 1. The Kier molecular flexibility index (Phi) is 7.21. The minimum Gasteiger partial charge on any atom is -0.467 e. The van der Waals surface area contributed by atoms with Crippen molar-refractivity contribution in [1.29, 1.82) is 0 Å². The molecule has 156 valence electrons. The summed E-state index contributed by atoms with van der Waals surface area (Å²) >= 11 is 0. The molecule has 1 atom stereocenters. The summed E-state index contributed by atoms with van der Waals surface area (Å²) in [5.74, 6) is -1.60. The number of benzene rings is 2. The van der Waals surface area contributed by atoms with Crippen molar-refractivity contribution in [1.82, 2.24) is 9.88 Å². The number of hydrogen-bond donors (Lipinski definition) is 1. The number of para-hydroxylation sites is 1. The number of esters is 2. The zero-order chi connectivity index (χ0) is 21.3. The van der Waals surface area contributed by atoms with Gasteiger partial charge in [-0.1, -0.05) is 48.5 Å². The standard InChI is InChI=1S/C23H24N2O5/c1-29-23(28)19(15-17-7-3-2-4-8-17)24-21(26)16-30-22(27)12-14-25-13-11-18-9-5-6-10-20(18)25/h2-11,13,19H,12,14-16H2,1H3,(H,24,26). The number of aromatic nitrogens is 1. The van der Waals surface area contributed by atoms with Gasteiger partial charge < -0.3 is 19.4 Å². The second kappa shape index (κ2) is 10.2. The van der Waals surface area contributed by atoms with E-state index in [1.54, 1.807) is 0 Å². The Labute approximate surface area is 174 Å². The van der Waals surface area contributed by atoms with Crippen LogP contribution in [0, 0.1) is 0 Å². The second-order valence-electron chi connectivity index (χ2n) is 6.81. The van der Waals surface area contributed by atoms with E-state index in [1.807, 2.05) is 71.4 Å². The van der Waals surface area contributed by atoms with Crippen molar-refractivity contribution in [2.24, 2.45) is 0 Å². The second-order valence-corrected chi connectivity index (χ2v) is 6.81. The van der Waals surface area contributed by atoms with Crippen LogP contribution in [0.3, 0.4) is 0 Å². The number of hydrogen-bond acceptors (Lipinski definition) is 5. The van der Waals surface area contributed by atoms with E-state index >= 15 is 0 Å². The van der Waals surface area contributed by atoms with Crippen molar-refractivity contribution in [2.75, 3.05) is 13.7 Å². The van der Waals surface area contributed by atoms with Crippen molar-refractivity contribution in [3.63, 3.8) is 0 Å². The Morgan fingerprint density at radius 1 is 1.00 bits per heavy atom. The predicted octanol–water partition coefficient (Wildman–Crippen LogP) is 2.48. The number of fused-ring (bicyclic) bond motifs is 1. The molecule has 1 N–H and O–H groups in total. The molecule has 0 aliphatic carbocycles. The van der Waals surface area contributed by atoms with Crippen molar-refractivity contribution >= 4 is 28.7 Å². The zero-order valence-corrected chi connectivity index (χ0v) is 16.7. The first-order valence-corrected chi connectivity index (χ1v) is 9.67. The number of aryl methyl sites for hydroxylation is 1. The topological polar surface area (TPSA) is 86.6 Å². The van der Waals surface area contributed by atoms with Crippen LogP contribution in [-0.2, 0) is 36.8 Å². The number of carbonyl (C=O) groups excluding carboxylic acids is 3. The van der Waals surface area contributed by atoms with Crippen LogP contribution in [0.5, 0.6) is 0 Å². The molecule has 1 unspecified atom stereocenters. The Hall–Kier alpha value is -3.61. The molecule has 0 bridgehead atoms. The lowest BCUT2D eigenvalue weighted by Gasteiger charge is -2.16.